The van der Waals surface area contributed by atoms with Crippen LogP contribution in [-0.4, -0.2) is 25.9 Å². The minimum atomic E-state index is -0.0578. The fourth-order valence-corrected chi connectivity index (χ4v) is 4.94. The number of benzene rings is 1. The van der Waals surface area contributed by atoms with Crippen LogP contribution in [0.2, 0.25) is 0 Å². The molecule has 5 rings (SSSR count). The standard InChI is InChI=1S/C23H28N6O/c1-3-17-12-20-25-14(2)21(22(29(20)28-17)15-7-5-4-6-8-15)23(30)26-18-9-10-19-16(11-18)13-24-27-19/h9-13,15,22,25H,3-8H2,1-2H3,(H,24,27)(H,26,30). The van der Waals surface area contributed by atoms with Gasteiger partial charge in [-0.1, -0.05) is 26.2 Å². The first-order valence-electron chi connectivity index (χ1n) is 10.9. The number of nitrogens with zero attached hydrogens (tertiary/aromatic N) is 3. The summed E-state index contributed by atoms with van der Waals surface area (Å²) in [6.07, 6.45) is 8.64. The molecule has 1 aliphatic carbocycles. The van der Waals surface area contributed by atoms with Crippen molar-refractivity contribution < 1.29 is 4.79 Å². The largest absolute Gasteiger partial charge is 0.344 e. The Kier molecular flexibility index (Phi) is 4.81. The number of aryl methyl sites for hydroxylation is 1. The monoisotopic (exact) mass is 404 g/mol. The molecule has 0 radical (unpaired) electrons. The second-order valence-corrected chi connectivity index (χ2v) is 8.45. The van der Waals surface area contributed by atoms with Crippen molar-refractivity contribution in [2.24, 2.45) is 5.92 Å². The number of hydrogen-bond donors (Lipinski definition) is 3. The summed E-state index contributed by atoms with van der Waals surface area (Å²) in [6, 6.07) is 7.89. The topological polar surface area (TPSA) is 87.6 Å². The molecule has 1 atom stereocenters. The summed E-state index contributed by atoms with van der Waals surface area (Å²) in [5.74, 6) is 1.37. The predicted octanol–water partition coefficient (Wildman–Crippen LogP) is 4.78. The molecule has 2 aromatic heterocycles. The van der Waals surface area contributed by atoms with E-state index in [-0.39, 0.29) is 11.9 Å². The van der Waals surface area contributed by atoms with Crippen LogP contribution in [0.5, 0.6) is 0 Å². The molecule has 1 aromatic carbocycles. The van der Waals surface area contributed by atoms with Crippen molar-refractivity contribution in [3.63, 3.8) is 0 Å². The number of carbonyl (C=O) groups is 1. The van der Waals surface area contributed by atoms with Crippen molar-refractivity contribution in [3.05, 3.63) is 47.4 Å². The number of allylic oxidation sites excluding steroid dienone is 1. The van der Waals surface area contributed by atoms with Gasteiger partial charge in [0.25, 0.3) is 5.91 Å². The van der Waals surface area contributed by atoms with Crippen molar-refractivity contribution in [2.75, 3.05) is 10.6 Å². The molecule has 1 saturated carbocycles. The van der Waals surface area contributed by atoms with Crippen LogP contribution in [0.25, 0.3) is 10.9 Å². The highest BCUT2D eigenvalue weighted by Gasteiger charge is 2.37. The molecule has 1 aliphatic heterocycles. The predicted molar refractivity (Wildman–Crippen MR) is 118 cm³/mol. The zero-order chi connectivity index (χ0) is 20.7. The number of hydrogen-bond acceptors (Lipinski definition) is 4. The minimum absolute atomic E-state index is 0.0282. The van der Waals surface area contributed by atoms with E-state index in [1.54, 1.807) is 6.20 Å². The quantitative estimate of drug-likeness (QED) is 0.584. The molecule has 2 aliphatic rings. The van der Waals surface area contributed by atoms with Crippen LogP contribution in [0.4, 0.5) is 11.5 Å². The first kappa shape index (κ1) is 18.9. The van der Waals surface area contributed by atoms with Crippen LogP contribution in [0, 0.1) is 5.92 Å². The molecule has 0 bridgehead atoms. The molecule has 7 heteroatoms. The fraction of sp³-hybridized carbons (Fsp3) is 0.435. The third kappa shape index (κ3) is 3.28. The highest BCUT2D eigenvalue weighted by atomic mass is 16.1. The molecular weight excluding hydrogens is 376 g/mol. The molecule has 1 fully saturated rings. The SMILES string of the molecule is CCc1cc2n(n1)C(C1CCCCC1)C(C(=O)Nc1ccc3[nH]ncc3c1)=C(C)N2. The lowest BCUT2D eigenvalue weighted by Crippen LogP contribution is -2.35. The summed E-state index contributed by atoms with van der Waals surface area (Å²) in [5.41, 5.74) is 4.50. The van der Waals surface area contributed by atoms with Crippen LogP contribution in [-0.2, 0) is 11.2 Å². The first-order valence-corrected chi connectivity index (χ1v) is 10.9. The average molecular weight is 405 g/mol. The molecule has 30 heavy (non-hydrogen) atoms. The molecule has 156 valence electrons. The van der Waals surface area contributed by atoms with E-state index < -0.39 is 0 Å². The van der Waals surface area contributed by atoms with E-state index >= 15 is 0 Å². The highest BCUT2D eigenvalue weighted by Crippen LogP contribution is 2.42. The van der Waals surface area contributed by atoms with Gasteiger partial charge in [0.2, 0.25) is 0 Å². The van der Waals surface area contributed by atoms with E-state index in [1.165, 1.54) is 19.3 Å². The average Bonchev–Trinajstić information content (AvgIpc) is 3.39. The molecule has 7 nitrogen and oxygen atoms in total. The number of H-pyrrole nitrogens is 1. The number of anilines is 2. The number of aromatic nitrogens is 4. The number of rotatable bonds is 4. The Balaban J connectivity index is 1.50. The Hall–Kier alpha value is -3.09. The molecule has 3 aromatic rings. The van der Waals surface area contributed by atoms with Crippen LogP contribution in [0.3, 0.4) is 0 Å². The van der Waals surface area contributed by atoms with Gasteiger partial charge in [0, 0.05) is 22.8 Å². The molecule has 1 unspecified atom stereocenters. The van der Waals surface area contributed by atoms with Crippen molar-refractivity contribution in [3.8, 4) is 0 Å². The smallest absolute Gasteiger partial charge is 0.255 e. The van der Waals surface area contributed by atoms with Crippen molar-refractivity contribution >= 4 is 28.3 Å². The van der Waals surface area contributed by atoms with E-state index in [0.717, 1.165) is 58.6 Å². The minimum Gasteiger partial charge on any atom is -0.344 e. The second kappa shape index (κ2) is 7.63. The highest BCUT2D eigenvalue weighted by molar-refractivity contribution is 6.06. The molecule has 1 amide bonds. The summed E-state index contributed by atoms with van der Waals surface area (Å²) < 4.78 is 2.07. The summed E-state index contributed by atoms with van der Waals surface area (Å²) in [5, 5.41) is 19.4. The van der Waals surface area contributed by atoms with Gasteiger partial charge in [-0.3, -0.25) is 9.89 Å². The third-order valence-corrected chi connectivity index (χ3v) is 6.47. The van der Waals surface area contributed by atoms with Crippen LogP contribution in [0.1, 0.15) is 57.7 Å². The summed E-state index contributed by atoms with van der Waals surface area (Å²) in [7, 11) is 0. The Labute approximate surface area is 175 Å². The van der Waals surface area contributed by atoms with Crippen molar-refractivity contribution in [2.45, 2.75) is 58.4 Å². The van der Waals surface area contributed by atoms with Gasteiger partial charge in [-0.25, -0.2) is 4.68 Å². The molecule has 0 saturated heterocycles. The van der Waals surface area contributed by atoms with Gasteiger partial charge in [-0.2, -0.15) is 10.2 Å². The third-order valence-electron chi connectivity index (χ3n) is 6.47. The molecular formula is C23H28N6O. The van der Waals surface area contributed by atoms with Crippen LogP contribution < -0.4 is 10.6 Å². The lowest BCUT2D eigenvalue weighted by Gasteiger charge is -2.36. The summed E-state index contributed by atoms with van der Waals surface area (Å²) in [6.45, 7) is 4.12. The van der Waals surface area contributed by atoms with E-state index in [0.29, 0.717) is 5.92 Å². The number of aromatic amines is 1. The number of carbonyl (C=O) groups excluding carboxylic acids is 1. The van der Waals surface area contributed by atoms with E-state index in [4.69, 9.17) is 5.10 Å². The van der Waals surface area contributed by atoms with E-state index in [9.17, 15) is 4.79 Å². The van der Waals surface area contributed by atoms with E-state index in [1.807, 2.05) is 25.1 Å². The molecule has 3 N–H and O–H groups in total. The first-order chi connectivity index (χ1) is 14.6. The Morgan fingerprint density at radius 3 is 2.87 bits per heavy atom. The van der Waals surface area contributed by atoms with Crippen LogP contribution in [0.15, 0.2) is 41.7 Å². The summed E-state index contributed by atoms with van der Waals surface area (Å²) >= 11 is 0. The van der Waals surface area contributed by atoms with Gasteiger partial charge in [-0.05, 0) is 50.3 Å². The maximum atomic E-state index is 13.5. The lowest BCUT2D eigenvalue weighted by atomic mass is 9.79. The van der Waals surface area contributed by atoms with Crippen molar-refractivity contribution in [1.29, 1.82) is 0 Å². The van der Waals surface area contributed by atoms with Gasteiger partial charge in [0.05, 0.1) is 29.0 Å². The van der Waals surface area contributed by atoms with Gasteiger partial charge in [-0.15, -0.1) is 0 Å². The summed E-state index contributed by atoms with van der Waals surface area (Å²) in [4.78, 5) is 13.5. The number of nitrogens with one attached hydrogen (secondary N) is 3. The maximum Gasteiger partial charge on any atom is 0.255 e. The van der Waals surface area contributed by atoms with Crippen LogP contribution >= 0.6 is 0 Å². The lowest BCUT2D eigenvalue weighted by molar-refractivity contribution is -0.113. The van der Waals surface area contributed by atoms with Gasteiger partial charge in [0.1, 0.15) is 5.82 Å². The number of fused-ring (bicyclic) bond motifs is 2. The van der Waals surface area contributed by atoms with Gasteiger partial charge >= 0.3 is 0 Å². The zero-order valence-corrected chi connectivity index (χ0v) is 17.5. The van der Waals surface area contributed by atoms with Gasteiger partial charge < -0.3 is 10.6 Å². The van der Waals surface area contributed by atoms with Gasteiger partial charge in [0.15, 0.2) is 0 Å². The maximum absolute atomic E-state index is 13.5. The molecule has 0 spiro atoms. The Morgan fingerprint density at radius 1 is 1.23 bits per heavy atom. The second-order valence-electron chi connectivity index (χ2n) is 8.45. The normalized spacial score (nSPS) is 19.6. The fourth-order valence-electron chi connectivity index (χ4n) is 4.94. The van der Waals surface area contributed by atoms with Crippen molar-refractivity contribution in [1.82, 2.24) is 20.0 Å². The van der Waals surface area contributed by atoms with E-state index in [2.05, 4.69) is 38.5 Å². The molecule has 3 heterocycles. The number of amides is 1. The Bertz CT molecular complexity index is 1120. The Morgan fingerprint density at radius 2 is 2.07 bits per heavy atom. The zero-order valence-electron chi connectivity index (χ0n) is 17.5.